The van der Waals surface area contributed by atoms with Crippen LogP contribution < -0.4 is 15.2 Å². The summed E-state index contributed by atoms with van der Waals surface area (Å²) in [6.07, 6.45) is 0. The van der Waals surface area contributed by atoms with Crippen LogP contribution in [0.4, 0.5) is 5.13 Å². The fraction of sp³-hybridized carbons (Fsp3) is 0.273. The summed E-state index contributed by atoms with van der Waals surface area (Å²) in [5.74, 6) is 2.35. The van der Waals surface area contributed by atoms with Gasteiger partial charge in [-0.1, -0.05) is 17.8 Å². The van der Waals surface area contributed by atoms with Crippen molar-refractivity contribution in [2.45, 2.75) is 5.16 Å². The SMILES string of the molecule is COc1cccc(OCCSc2nsc(N)n2)c1. The summed E-state index contributed by atoms with van der Waals surface area (Å²) in [5.41, 5.74) is 5.49. The Hall–Kier alpha value is -1.47. The van der Waals surface area contributed by atoms with Gasteiger partial charge in [-0.2, -0.15) is 9.36 Å². The van der Waals surface area contributed by atoms with E-state index in [1.165, 1.54) is 23.3 Å². The molecule has 0 atom stereocenters. The largest absolute Gasteiger partial charge is 0.497 e. The summed E-state index contributed by atoms with van der Waals surface area (Å²) in [6, 6.07) is 7.52. The Labute approximate surface area is 113 Å². The lowest BCUT2D eigenvalue weighted by atomic mass is 10.3. The number of nitrogens with two attached hydrogens (primary N) is 1. The number of anilines is 1. The van der Waals surface area contributed by atoms with E-state index in [0.717, 1.165) is 17.3 Å². The molecule has 96 valence electrons. The van der Waals surface area contributed by atoms with Crippen molar-refractivity contribution in [1.29, 1.82) is 0 Å². The summed E-state index contributed by atoms with van der Waals surface area (Å²) in [6.45, 7) is 0.580. The Morgan fingerprint density at radius 3 is 2.94 bits per heavy atom. The Kier molecular flexibility index (Phi) is 4.66. The Morgan fingerprint density at radius 2 is 2.22 bits per heavy atom. The van der Waals surface area contributed by atoms with Gasteiger partial charge in [0.1, 0.15) is 11.5 Å². The van der Waals surface area contributed by atoms with Crippen LogP contribution in [0.3, 0.4) is 0 Å². The second-order valence-electron chi connectivity index (χ2n) is 3.29. The molecule has 18 heavy (non-hydrogen) atoms. The van der Waals surface area contributed by atoms with E-state index in [9.17, 15) is 0 Å². The summed E-state index contributed by atoms with van der Waals surface area (Å²) < 4.78 is 14.8. The molecule has 0 radical (unpaired) electrons. The molecule has 1 aromatic heterocycles. The maximum atomic E-state index is 5.59. The fourth-order valence-electron chi connectivity index (χ4n) is 1.26. The lowest BCUT2D eigenvalue weighted by Crippen LogP contribution is -2.00. The maximum absolute atomic E-state index is 5.59. The predicted molar refractivity (Wildman–Crippen MR) is 73.5 cm³/mol. The molecule has 0 amide bonds. The number of aromatic nitrogens is 2. The van der Waals surface area contributed by atoms with E-state index in [2.05, 4.69) is 9.36 Å². The average Bonchev–Trinajstić information content (AvgIpc) is 2.81. The molecule has 1 aromatic carbocycles. The number of nitrogen functional groups attached to an aromatic ring is 1. The van der Waals surface area contributed by atoms with Crippen molar-refractivity contribution in [3.63, 3.8) is 0 Å². The molecule has 7 heteroatoms. The minimum atomic E-state index is 0.492. The Balaban J connectivity index is 1.74. The van der Waals surface area contributed by atoms with Crippen molar-refractivity contribution in [3.05, 3.63) is 24.3 Å². The van der Waals surface area contributed by atoms with E-state index in [1.807, 2.05) is 24.3 Å². The molecule has 0 aliphatic carbocycles. The van der Waals surface area contributed by atoms with Crippen molar-refractivity contribution in [2.75, 3.05) is 25.2 Å². The quantitative estimate of drug-likeness (QED) is 0.648. The second-order valence-corrected chi connectivity index (χ2v) is 5.14. The molecule has 1 heterocycles. The first kappa shape index (κ1) is 13.0. The van der Waals surface area contributed by atoms with Crippen molar-refractivity contribution < 1.29 is 9.47 Å². The first-order valence-corrected chi connectivity index (χ1v) is 7.02. The summed E-state index contributed by atoms with van der Waals surface area (Å²) in [4.78, 5) is 4.06. The van der Waals surface area contributed by atoms with Gasteiger partial charge in [0.2, 0.25) is 10.3 Å². The summed E-state index contributed by atoms with van der Waals surface area (Å²) in [7, 11) is 1.63. The van der Waals surface area contributed by atoms with Gasteiger partial charge in [0, 0.05) is 23.4 Å². The van der Waals surface area contributed by atoms with Crippen LogP contribution >= 0.6 is 23.3 Å². The van der Waals surface area contributed by atoms with Gasteiger partial charge >= 0.3 is 0 Å². The molecule has 0 saturated carbocycles. The van der Waals surface area contributed by atoms with Gasteiger partial charge in [-0.05, 0) is 12.1 Å². The van der Waals surface area contributed by atoms with Crippen LogP contribution in [0.25, 0.3) is 0 Å². The van der Waals surface area contributed by atoms with Gasteiger partial charge in [0.05, 0.1) is 13.7 Å². The number of methoxy groups -OCH3 is 1. The molecule has 0 bridgehead atoms. The highest BCUT2D eigenvalue weighted by Crippen LogP contribution is 2.20. The van der Waals surface area contributed by atoms with Gasteiger partial charge in [-0.15, -0.1) is 0 Å². The third kappa shape index (κ3) is 3.78. The molecule has 0 aliphatic rings. The number of thioether (sulfide) groups is 1. The van der Waals surface area contributed by atoms with E-state index in [1.54, 1.807) is 7.11 Å². The molecule has 2 N–H and O–H groups in total. The monoisotopic (exact) mass is 283 g/mol. The van der Waals surface area contributed by atoms with Crippen LogP contribution in [0, 0.1) is 0 Å². The predicted octanol–water partition coefficient (Wildman–Crippen LogP) is 2.30. The average molecular weight is 283 g/mol. The molecular formula is C11H13N3O2S2. The Bertz CT molecular complexity index is 505. The van der Waals surface area contributed by atoms with E-state index >= 15 is 0 Å². The third-order valence-electron chi connectivity index (χ3n) is 2.05. The maximum Gasteiger partial charge on any atom is 0.202 e. The van der Waals surface area contributed by atoms with E-state index < -0.39 is 0 Å². The molecule has 5 nitrogen and oxygen atoms in total. The topological polar surface area (TPSA) is 70.3 Å². The van der Waals surface area contributed by atoms with Crippen LogP contribution in [-0.4, -0.2) is 28.8 Å². The number of hydrogen-bond acceptors (Lipinski definition) is 7. The zero-order valence-electron chi connectivity index (χ0n) is 9.83. The lowest BCUT2D eigenvalue weighted by Gasteiger charge is -2.06. The number of nitrogens with zero attached hydrogens (tertiary/aromatic N) is 2. The van der Waals surface area contributed by atoms with Crippen molar-refractivity contribution in [1.82, 2.24) is 9.36 Å². The fourth-order valence-corrected chi connectivity index (χ4v) is 2.50. The molecule has 0 aliphatic heterocycles. The normalized spacial score (nSPS) is 10.3. The van der Waals surface area contributed by atoms with Crippen LogP contribution in [0.15, 0.2) is 29.4 Å². The van der Waals surface area contributed by atoms with Crippen LogP contribution in [0.1, 0.15) is 0 Å². The van der Waals surface area contributed by atoms with Crippen molar-refractivity contribution in [3.8, 4) is 11.5 Å². The standard InChI is InChI=1S/C11H13N3O2S2/c1-15-8-3-2-4-9(7-8)16-5-6-17-11-13-10(12)18-14-11/h2-4,7H,5-6H2,1H3,(H2,12,13,14). The molecule has 0 unspecified atom stereocenters. The Morgan fingerprint density at radius 1 is 1.39 bits per heavy atom. The first-order chi connectivity index (χ1) is 8.78. The van der Waals surface area contributed by atoms with Crippen molar-refractivity contribution >= 4 is 28.4 Å². The smallest absolute Gasteiger partial charge is 0.202 e. The molecule has 0 saturated heterocycles. The molecular weight excluding hydrogens is 270 g/mol. The van der Waals surface area contributed by atoms with Crippen molar-refractivity contribution in [2.24, 2.45) is 0 Å². The number of benzene rings is 1. The van der Waals surface area contributed by atoms with E-state index in [-0.39, 0.29) is 0 Å². The highest BCUT2D eigenvalue weighted by Gasteiger charge is 2.02. The molecule has 2 rings (SSSR count). The molecule has 0 fully saturated rings. The molecule has 0 spiro atoms. The van der Waals surface area contributed by atoms with Crippen LogP contribution in [0.5, 0.6) is 11.5 Å². The van der Waals surface area contributed by atoms with Crippen LogP contribution in [0.2, 0.25) is 0 Å². The van der Waals surface area contributed by atoms with E-state index in [4.69, 9.17) is 15.2 Å². The lowest BCUT2D eigenvalue weighted by molar-refractivity contribution is 0.339. The second kappa shape index (κ2) is 6.46. The highest BCUT2D eigenvalue weighted by molar-refractivity contribution is 7.99. The minimum absolute atomic E-state index is 0.492. The van der Waals surface area contributed by atoms with Crippen LogP contribution in [-0.2, 0) is 0 Å². The highest BCUT2D eigenvalue weighted by atomic mass is 32.2. The third-order valence-corrected chi connectivity index (χ3v) is 3.52. The number of hydrogen-bond donors (Lipinski definition) is 1. The summed E-state index contributed by atoms with van der Waals surface area (Å²) in [5, 5.41) is 1.19. The van der Waals surface area contributed by atoms with Gasteiger partial charge in [0.25, 0.3) is 0 Å². The molecule has 2 aromatic rings. The number of ether oxygens (including phenoxy) is 2. The van der Waals surface area contributed by atoms with E-state index in [0.29, 0.717) is 16.9 Å². The summed E-state index contributed by atoms with van der Waals surface area (Å²) >= 11 is 2.72. The van der Waals surface area contributed by atoms with Gasteiger partial charge in [-0.3, -0.25) is 0 Å². The minimum Gasteiger partial charge on any atom is -0.497 e. The van der Waals surface area contributed by atoms with Gasteiger partial charge < -0.3 is 15.2 Å². The van der Waals surface area contributed by atoms with Gasteiger partial charge in [0.15, 0.2) is 0 Å². The van der Waals surface area contributed by atoms with Gasteiger partial charge in [-0.25, -0.2) is 0 Å². The zero-order chi connectivity index (χ0) is 12.8. The first-order valence-electron chi connectivity index (χ1n) is 5.27. The zero-order valence-corrected chi connectivity index (χ0v) is 11.5. The number of rotatable bonds is 6.